The van der Waals surface area contributed by atoms with Crippen LogP contribution in [0.2, 0.25) is 5.02 Å². The van der Waals surface area contributed by atoms with Crippen molar-refractivity contribution in [2.24, 2.45) is 0 Å². The Morgan fingerprint density at radius 2 is 1.50 bits per heavy atom. The third-order valence-corrected chi connectivity index (χ3v) is 5.04. The summed E-state index contributed by atoms with van der Waals surface area (Å²) in [5.74, 6) is -23.2. The first-order valence-electron chi connectivity index (χ1n) is 6.49. The molecule has 1 aromatic carbocycles. The Kier molecular flexibility index (Phi) is 4.81. The van der Waals surface area contributed by atoms with Gasteiger partial charge in [-0.25, -0.2) is 0 Å². The van der Waals surface area contributed by atoms with Crippen LogP contribution in [-0.2, 0) is 0 Å². The minimum absolute atomic E-state index is 0.104. The summed E-state index contributed by atoms with van der Waals surface area (Å²) in [6.07, 6.45) is -6.98. The van der Waals surface area contributed by atoms with Crippen LogP contribution in [0.15, 0.2) is 18.2 Å². The van der Waals surface area contributed by atoms with E-state index in [-0.39, 0.29) is 32.0 Å². The Labute approximate surface area is 148 Å². The van der Waals surface area contributed by atoms with E-state index in [0.29, 0.717) is 0 Å². The third kappa shape index (κ3) is 2.84. The zero-order chi connectivity index (χ0) is 20.3. The van der Waals surface area contributed by atoms with Gasteiger partial charge in [-0.1, -0.05) is 11.6 Å². The van der Waals surface area contributed by atoms with E-state index in [1.807, 2.05) is 0 Å². The highest BCUT2D eigenvalue weighted by Gasteiger charge is 2.83. The maximum absolute atomic E-state index is 13.8. The van der Waals surface area contributed by atoms with E-state index in [1.54, 1.807) is 0 Å². The van der Waals surface area contributed by atoms with Crippen molar-refractivity contribution in [3.63, 3.8) is 0 Å². The summed E-state index contributed by atoms with van der Waals surface area (Å²) in [4.78, 5) is 10.7. The lowest BCUT2D eigenvalue weighted by atomic mass is 9.97. The molecule has 0 saturated heterocycles. The molecule has 1 heterocycles. The largest absolute Gasteiger partial charge is 0.460 e. The minimum atomic E-state index is -7.12. The van der Waals surface area contributed by atoms with Crippen molar-refractivity contribution in [3.05, 3.63) is 33.7 Å². The van der Waals surface area contributed by atoms with E-state index in [0.717, 1.165) is 6.92 Å². The molecule has 2 aromatic rings. The average Bonchev–Trinajstić information content (AvgIpc) is 2.81. The van der Waals surface area contributed by atoms with Crippen molar-refractivity contribution in [2.75, 3.05) is 0 Å². The fraction of sp³-hybridized carbons (Fsp3) is 0.357. The molecular formula is C14H6ClF9OS. The standard InChI is InChI=1S/C14H6ClF9OS/c1-5-7-4-6(15)2-3-8(7)26-9(5)10(25)11(16,17)12(18,19)13(20,21)14(22,23)24/h2-4H,1H3. The molecule has 1 aromatic heterocycles. The number of ketones is 1. The fourth-order valence-electron chi connectivity index (χ4n) is 2.07. The van der Waals surface area contributed by atoms with E-state index in [4.69, 9.17) is 11.6 Å². The summed E-state index contributed by atoms with van der Waals surface area (Å²) in [6.45, 7) is 1.05. The molecule has 0 fully saturated rings. The highest BCUT2D eigenvalue weighted by atomic mass is 35.5. The molecule has 0 bridgehead atoms. The van der Waals surface area contributed by atoms with Gasteiger partial charge in [-0.3, -0.25) is 4.79 Å². The second-order valence-electron chi connectivity index (χ2n) is 5.25. The van der Waals surface area contributed by atoms with Gasteiger partial charge in [0.2, 0.25) is 5.78 Å². The molecule has 2 rings (SSSR count). The molecule has 12 heteroatoms. The fourth-order valence-corrected chi connectivity index (χ4v) is 3.40. The Bertz CT molecular complexity index is 869. The highest BCUT2D eigenvalue weighted by Crippen LogP contribution is 2.54. The molecule has 0 spiro atoms. The van der Waals surface area contributed by atoms with Gasteiger partial charge in [-0.2, -0.15) is 39.5 Å². The number of thiophene rings is 1. The molecule has 0 aliphatic heterocycles. The van der Waals surface area contributed by atoms with Crippen LogP contribution in [0.4, 0.5) is 39.5 Å². The monoisotopic (exact) mass is 428 g/mol. The first-order chi connectivity index (χ1) is 11.6. The lowest BCUT2D eigenvalue weighted by molar-refractivity contribution is -0.386. The van der Waals surface area contributed by atoms with Crippen LogP contribution in [0.1, 0.15) is 15.2 Å². The van der Waals surface area contributed by atoms with Crippen LogP contribution < -0.4 is 0 Å². The molecule has 0 aliphatic carbocycles. The highest BCUT2D eigenvalue weighted by molar-refractivity contribution is 7.21. The van der Waals surface area contributed by atoms with Crippen LogP contribution in [0, 0.1) is 6.92 Å². The van der Waals surface area contributed by atoms with Crippen LogP contribution in [-0.4, -0.2) is 29.7 Å². The summed E-state index contributed by atoms with van der Waals surface area (Å²) in [7, 11) is 0. The molecule has 0 aliphatic rings. The summed E-state index contributed by atoms with van der Waals surface area (Å²) < 4.78 is 117. The molecule has 0 unspecified atom stereocenters. The molecule has 0 radical (unpaired) electrons. The van der Waals surface area contributed by atoms with Gasteiger partial charge < -0.3 is 0 Å². The van der Waals surface area contributed by atoms with Gasteiger partial charge in [0, 0.05) is 9.72 Å². The van der Waals surface area contributed by atoms with Crippen LogP contribution in [0.5, 0.6) is 0 Å². The first kappa shape index (κ1) is 20.8. The number of Topliss-reactive ketones (excluding diaryl/α,β-unsaturated/α-hetero) is 1. The molecule has 26 heavy (non-hydrogen) atoms. The van der Waals surface area contributed by atoms with Crippen LogP contribution >= 0.6 is 22.9 Å². The zero-order valence-electron chi connectivity index (χ0n) is 12.3. The number of hydrogen-bond donors (Lipinski definition) is 0. The molecule has 0 amide bonds. The molecule has 0 atom stereocenters. The number of aryl methyl sites for hydroxylation is 1. The van der Waals surface area contributed by atoms with Crippen LogP contribution in [0.3, 0.4) is 0 Å². The van der Waals surface area contributed by atoms with Crippen molar-refractivity contribution in [1.82, 2.24) is 0 Å². The van der Waals surface area contributed by atoms with Gasteiger partial charge in [0.25, 0.3) is 0 Å². The van der Waals surface area contributed by atoms with Crippen molar-refractivity contribution < 1.29 is 44.3 Å². The first-order valence-corrected chi connectivity index (χ1v) is 7.68. The van der Waals surface area contributed by atoms with Crippen molar-refractivity contribution >= 4 is 38.8 Å². The van der Waals surface area contributed by atoms with Crippen molar-refractivity contribution in [3.8, 4) is 0 Å². The van der Waals surface area contributed by atoms with E-state index >= 15 is 0 Å². The van der Waals surface area contributed by atoms with E-state index in [1.165, 1.54) is 18.2 Å². The number of carbonyl (C=O) groups excluding carboxylic acids is 1. The maximum Gasteiger partial charge on any atom is 0.460 e. The van der Waals surface area contributed by atoms with Gasteiger partial charge in [-0.05, 0) is 36.1 Å². The average molecular weight is 429 g/mol. The second-order valence-corrected chi connectivity index (χ2v) is 6.74. The molecule has 1 nitrogen and oxygen atoms in total. The summed E-state index contributed by atoms with van der Waals surface area (Å²) >= 11 is 5.93. The number of benzene rings is 1. The number of carbonyl (C=O) groups is 1. The van der Waals surface area contributed by atoms with Gasteiger partial charge in [-0.15, -0.1) is 11.3 Å². The second kappa shape index (κ2) is 6.01. The SMILES string of the molecule is Cc1c(C(=O)C(F)(F)C(F)(F)C(F)(F)C(F)(F)F)sc2ccc(Cl)cc12. The Morgan fingerprint density at radius 3 is 2.00 bits per heavy atom. The predicted molar refractivity (Wildman–Crippen MR) is 76.8 cm³/mol. The summed E-state index contributed by atoms with van der Waals surface area (Å²) in [6, 6.07) is 3.76. The van der Waals surface area contributed by atoms with Crippen LogP contribution in [0.25, 0.3) is 10.1 Å². The Balaban J connectivity index is 2.59. The zero-order valence-corrected chi connectivity index (χ0v) is 13.9. The Morgan fingerprint density at radius 1 is 0.962 bits per heavy atom. The summed E-state index contributed by atoms with van der Waals surface area (Å²) in [5.41, 5.74) is -0.289. The third-order valence-electron chi connectivity index (χ3n) is 3.53. The normalized spacial score (nSPS) is 14.1. The smallest absolute Gasteiger partial charge is 0.286 e. The molecular weight excluding hydrogens is 423 g/mol. The number of hydrogen-bond acceptors (Lipinski definition) is 2. The van der Waals surface area contributed by atoms with Gasteiger partial charge in [0.05, 0.1) is 4.88 Å². The summed E-state index contributed by atoms with van der Waals surface area (Å²) in [5, 5.41) is 0.214. The van der Waals surface area contributed by atoms with E-state index in [2.05, 4.69) is 0 Å². The van der Waals surface area contributed by atoms with Crippen molar-refractivity contribution in [2.45, 2.75) is 30.9 Å². The lowest BCUT2D eigenvalue weighted by Crippen LogP contribution is -2.63. The Hall–Kier alpha value is -1.49. The van der Waals surface area contributed by atoms with Gasteiger partial charge in [0.15, 0.2) is 0 Å². The topological polar surface area (TPSA) is 17.1 Å². The van der Waals surface area contributed by atoms with Crippen molar-refractivity contribution in [1.29, 1.82) is 0 Å². The minimum Gasteiger partial charge on any atom is -0.286 e. The molecule has 144 valence electrons. The molecule has 0 saturated carbocycles. The van der Waals surface area contributed by atoms with Gasteiger partial charge in [0.1, 0.15) is 0 Å². The molecule has 0 N–H and O–H groups in total. The predicted octanol–water partition coefficient (Wildman–Crippen LogP) is 6.51. The quantitative estimate of drug-likeness (QED) is 0.400. The van der Waals surface area contributed by atoms with E-state index in [9.17, 15) is 44.3 Å². The number of alkyl halides is 9. The number of rotatable bonds is 4. The van der Waals surface area contributed by atoms with E-state index < -0.39 is 34.6 Å². The maximum atomic E-state index is 13.8. The number of fused-ring (bicyclic) bond motifs is 1. The lowest BCUT2D eigenvalue weighted by Gasteiger charge is -2.32. The van der Waals surface area contributed by atoms with Gasteiger partial charge >= 0.3 is 23.9 Å². The number of halogens is 10.